The number of aliphatic imine (C=N–C) groups is 1. The van der Waals surface area contributed by atoms with Crippen molar-refractivity contribution in [2.24, 2.45) is 4.99 Å². The summed E-state index contributed by atoms with van der Waals surface area (Å²) >= 11 is 0. The summed E-state index contributed by atoms with van der Waals surface area (Å²) in [6, 6.07) is 9.39. The Labute approximate surface area is 208 Å². The third-order valence-electron chi connectivity index (χ3n) is 4.99. The molecule has 2 heterocycles. The Morgan fingerprint density at radius 2 is 2.00 bits per heavy atom. The number of guanidine groups is 1. The molecule has 2 N–H and O–H groups in total. The molecule has 3 rings (SSSR count). The lowest BCUT2D eigenvalue weighted by atomic mass is 9.96. The first kappa shape index (κ1) is 26.6. The van der Waals surface area contributed by atoms with Gasteiger partial charge in [0.25, 0.3) is 0 Å². The molecule has 0 aliphatic carbocycles. The predicted molar refractivity (Wildman–Crippen MR) is 134 cm³/mol. The number of hydrogen-bond donors (Lipinski definition) is 2. The van der Waals surface area contributed by atoms with Crippen molar-refractivity contribution in [3.05, 3.63) is 78.0 Å². The number of imidazole rings is 1. The molecule has 33 heavy (non-hydrogen) atoms. The van der Waals surface area contributed by atoms with Gasteiger partial charge in [-0.3, -0.25) is 4.57 Å². The highest BCUT2D eigenvalue weighted by molar-refractivity contribution is 14.0. The van der Waals surface area contributed by atoms with E-state index in [1.807, 2.05) is 36.7 Å². The summed E-state index contributed by atoms with van der Waals surface area (Å²) in [7, 11) is 0. The first-order valence-electron chi connectivity index (χ1n) is 10.5. The highest BCUT2D eigenvalue weighted by atomic mass is 127. The van der Waals surface area contributed by atoms with Gasteiger partial charge in [-0.2, -0.15) is 13.2 Å². The second kappa shape index (κ2) is 12.6. The Morgan fingerprint density at radius 1 is 1.18 bits per heavy atom. The van der Waals surface area contributed by atoms with Crippen molar-refractivity contribution < 1.29 is 13.2 Å². The molecule has 0 aliphatic rings. The molecular weight excluding hydrogens is 544 g/mol. The quantitative estimate of drug-likeness (QED) is 0.223. The molecule has 10 heteroatoms. The maximum absolute atomic E-state index is 12.9. The van der Waals surface area contributed by atoms with Gasteiger partial charge in [0.05, 0.1) is 12.1 Å². The summed E-state index contributed by atoms with van der Waals surface area (Å²) in [5, 5.41) is 6.44. The Morgan fingerprint density at radius 3 is 2.64 bits per heavy atom. The molecule has 0 saturated heterocycles. The van der Waals surface area contributed by atoms with Gasteiger partial charge in [-0.05, 0) is 42.5 Å². The van der Waals surface area contributed by atoms with Gasteiger partial charge in [-0.25, -0.2) is 15.0 Å². The minimum atomic E-state index is -4.33. The number of rotatable bonds is 8. The minimum absolute atomic E-state index is 0. The van der Waals surface area contributed by atoms with Crippen LogP contribution in [0.25, 0.3) is 5.82 Å². The number of benzene rings is 1. The second-order valence-electron chi connectivity index (χ2n) is 7.43. The van der Waals surface area contributed by atoms with E-state index in [4.69, 9.17) is 0 Å². The van der Waals surface area contributed by atoms with Crippen LogP contribution in [-0.2, 0) is 12.7 Å². The standard InChI is InChI=1S/C23H27F3N6.HI/c1-3-28-22(31-15-18-7-8-21(30-14-18)32-12-11-27-16-32)29-10-9-17(2)19-5-4-6-20(13-19)23(24,25)26;/h4-8,11-14,16-17H,3,9-10,15H2,1-2H3,(H2,28,29,31);1H. The monoisotopic (exact) mass is 572 g/mol. The molecule has 3 aromatic rings. The molecule has 0 saturated carbocycles. The summed E-state index contributed by atoms with van der Waals surface area (Å²) < 4.78 is 40.7. The highest BCUT2D eigenvalue weighted by Crippen LogP contribution is 2.31. The Kier molecular flexibility index (Phi) is 10.1. The van der Waals surface area contributed by atoms with Crippen LogP contribution in [0.5, 0.6) is 0 Å². The fourth-order valence-corrected chi connectivity index (χ4v) is 3.16. The van der Waals surface area contributed by atoms with Crippen LogP contribution in [0, 0.1) is 0 Å². The van der Waals surface area contributed by atoms with Crippen molar-refractivity contribution >= 4 is 29.9 Å². The molecular formula is C23H28F3IN6. The summed E-state index contributed by atoms with van der Waals surface area (Å²) in [6.45, 7) is 5.64. The maximum atomic E-state index is 12.9. The first-order valence-corrected chi connectivity index (χ1v) is 10.5. The number of nitrogens with zero attached hydrogens (tertiary/aromatic N) is 4. The summed E-state index contributed by atoms with van der Waals surface area (Å²) in [6.07, 6.45) is 3.33. The third-order valence-corrected chi connectivity index (χ3v) is 4.99. The van der Waals surface area contributed by atoms with E-state index in [-0.39, 0.29) is 29.9 Å². The van der Waals surface area contributed by atoms with Crippen LogP contribution < -0.4 is 10.6 Å². The Bertz CT molecular complexity index is 1000. The second-order valence-corrected chi connectivity index (χ2v) is 7.43. The van der Waals surface area contributed by atoms with Crippen molar-refractivity contribution in [2.45, 2.75) is 38.9 Å². The van der Waals surface area contributed by atoms with Gasteiger partial charge in [0.15, 0.2) is 5.96 Å². The van der Waals surface area contributed by atoms with Gasteiger partial charge in [-0.1, -0.05) is 31.2 Å². The van der Waals surface area contributed by atoms with E-state index in [0.29, 0.717) is 37.6 Å². The van der Waals surface area contributed by atoms with Gasteiger partial charge >= 0.3 is 6.18 Å². The minimum Gasteiger partial charge on any atom is -0.357 e. The largest absolute Gasteiger partial charge is 0.416 e. The van der Waals surface area contributed by atoms with E-state index in [0.717, 1.165) is 17.4 Å². The number of nitrogens with one attached hydrogen (secondary N) is 2. The van der Waals surface area contributed by atoms with Crippen LogP contribution in [0.1, 0.15) is 42.9 Å². The van der Waals surface area contributed by atoms with E-state index in [1.54, 1.807) is 24.8 Å². The van der Waals surface area contributed by atoms with E-state index in [1.165, 1.54) is 12.1 Å². The maximum Gasteiger partial charge on any atom is 0.416 e. The third kappa shape index (κ3) is 8.02. The van der Waals surface area contributed by atoms with Gasteiger partial charge in [0.1, 0.15) is 12.1 Å². The van der Waals surface area contributed by atoms with Crippen molar-refractivity contribution in [3.8, 4) is 5.82 Å². The number of pyridine rings is 1. The summed E-state index contributed by atoms with van der Waals surface area (Å²) in [5.74, 6) is 1.42. The van der Waals surface area contributed by atoms with Gasteiger partial charge in [-0.15, -0.1) is 24.0 Å². The summed E-state index contributed by atoms with van der Waals surface area (Å²) in [5.41, 5.74) is 1.02. The molecule has 2 aromatic heterocycles. The smallest absolute Gasteiger partial charge is 0.357 e. The predicted octanol–water partition coefficient (Wildman–Crippen LogP) is 5.15. The zero-order valence-corrected chi connectivity index (χ0v) is 20.8. The Balaban J connectivity index is 0.00000385. The molecule has 6 nitrogen and oxygen atoms in total. The average molecular weight is 572 g/mol. The fraction of sp³-hybridized carbons (Fsp3) is 0.348. The molecule has 178 valence electrons. The van der Waals surface area contributed by atoms with Crippen LogP contribution in [0.2, 0.25) is 0 Å². The average Bonchev–Trinajstić information content (AvgIpc) is 3.32. The van der Waals surface area contributed by atoms with Crippen molar-refractivity contribution in [1.29, 1.82) is 0 Å². The van der Waals surface area contributed by atoms with Crippen LogP contribution in [0.3, 0.4) is 0 Å². The molecule has 0 amide bonds. The molecule has 1 unspecified atom stereocenters. The normalized spacial score (nSPS) is 12.7. The van der Waals surface area contributed by atoms with Crippen molar-refractivity contribution in [2.75, 3.05) is 13.1 Å². The number of aromatic nitrogens is 3. The molecule has 0 fully saturated rings. The van der Waals surface area contributed by atoms with Gasteiger partial charge in [0.2, 0.25) is 0 Å². The fourth-order valence-electron chi connectivity index (χ4n) is 3.16. The molecule has 0 aliphatic heterocycles. The van der Waals surface area contributed by atoms with E-state index in [9.17, 15) is 13.2 Å². The molecule has 1 atom stereocenters. The zero-order chi connectivity index (χ0) is 23.0. The number of alkyl halides is 3. The molecule has 0 spiro atoms. The zero-order valence-electron chi connectivity index (χ0n) is 18.5. The van der Waals surface area contributed by atoms with Crippen molar-refractivity contribution in [3.63, 3.8) is 0 Å². The lowest BCUT2D eigenvalue weighted by molar-refractivity contribution is -0.137. The van der Waals surface area contributed by atoms with E-state index >= 15 is 0 Å². The SMILES string of the molecule is CCNC(=NCc1ccc(-n2ccnc2)nc1)NCCC(C)c1cccc(C(F)(F)F)c1.I. The van der Waals surface area contributed by atoms with Crippen molar-refractivity contribution in [1.82, 2.24) is 25.2 Å². The van der Waals surface area contributed by atoms with E-state index in [2.05, 4.69) is 25.6 Å². The van der Waals surface area contributed by atoms with Gasteiger partial charge < -0.3 is 10.6 Å². The highest BCUT2D eigenvalue weighted by Gasteiger charge is 2.30. The van der Waals surface area contributed by atoms with Crippen LogP contribution in [-0.4, -0.2) is 33.6 Å². The topological polar surface area (TPSA) is 67.1 Å². The first-order chi connectivity index (χ1) is 15.4. The lowest BCUT2D eigenvalue weighted by Gasteiger charge is -2.16. The van der Waals surface area contributed by atoms with E-state index < -0.39 is 11.7 Å². The molecule has 1 aromatic carbocycles. The molecule has 0 radical (unpaired) electrons. The Hall–Kier alpha value is -2.63. The number of hydrogen-bond acceptors (Lipinski definition) is 3. The van der Waals surface area contributed by atoms with Crippen LogP contribution >= 0.6 is 24.0 Å². The lowest BCUT2D eigenvalue weighted by Crippen LogP contribution is -2.38. The van der Waals surface area contributed by atoms with Crippen LogP contribution in [0.15, 0.2) is 66.3 Å². The van der Waals surface area contributed by atoms with Crippen LogP contribution in [0.4, 0.5) is 13.2 Å². The molecule has 0 bridgehead atoms. The summed E-state index contributed by atoms with van der Waals surface area (Å²) in [4.78, 5) is 13.0. The van der Waals surface area contributed by atoms with Gasteiger partial charge in [0, 0.05) is 31.7 Å². The number of halogens is 4.